The first kappa shape index (κ1) is 17.0. The molecule has 1 saturated heterocycles. The predicted molar refractivity (Wildman–Crippen MR) is 86.4 cm³/mol. The van der Waals surface area contributed by atoms with E-state index in [9.17, 15) is 13.2 Å². The monoisotopic (exact) mass is 337 g/mol. The molecule has 24 heavy (non-hydrogen) atoms. The van der Waals surface area contributed by atoms with Crippen molar-refractivity contribution in [1.82, 2.24) is 14.9 Å². The summed E-state index contributed by atoms with van der Waals surface area (Å²) >= 11 is 0. The second-order valence-electron chi connectivity index (χ2n) is 6.56. The number of aryl methyl sites for hydroxylation is 1. The highest BCUT2D eigenvalue weighted by Crippen LogP contribution is 2.30. The zero-order valence-corrected chi connectivity index (χ0v) is 13.5. The lowest BCUT2D eigenvalue weighted by Gasteiger charge is -2.32. The van der Waals surface area contributed by atoms with Crippen LogP contribution in [0.15, 0.2) is 36.8 Å². The summed E-state index contributed by atoms with van der Waals surface area (Å²) in [6.45, 7) is 2.93. The van der Waals surface area contributed by atoms with E-state index in [0.29, 0.717) is 12.3 Å². The van der Waals surface area contributed by atoms with Gasteiger partial charge in [0.25, 0.3) is 0 Å². The molecule has 0 spiro atoms. The number of alkyl halides is 3. The van der Waals surface area contributed by atoms with E-state index >= 15 is 0 Å². The van der Waals surface area contributed by atoms with Crippen LogP contribution in [0.3, 0.4) is 0 Å². The zero-order valence-electron chi connectivity index (χ0n) is 13.5. The van der Waals surface area contributed by atoms with Crippen molar-refractivity contribution in [1.29, 1.82) is 0 Å². The van der Waals surface area contributed by atoms with Crippen molar-refractivity contribution in [3.8, 4) is 0 Å². The first-order valence-electron chi connectivity index (χ1n) is 8.36. The van der Waals surface area contributed by atoms with Gasteiger partial charge in [-0.15, -0.1) is 0 Å². The zero-order chi connectivity index (χ0) is 17.0. The third-order valence-electron chi connectivity index (χ3n) is 4.65. The maximum atomic E-state index is 12.8. The summed E-state index contributed by atoms with van der Waals surface area (Å²) in [4.78, 5) is 9.55. The molecule has 3 nitrogen and oxygen atoms in total. The Hall–Kier alpha value is -1.82. The largest absolute Gasteiger partial charge is 0.416 e. The maximum Gasteiger partial charge on any atom is 0.416 e. The van der Waals surface area contributed by atoms with Crippen molar-refractivity contribution in [3.63, 3.8) is 0 Å². The van der Waals surface area contributed by atoms with Crippen LogP contribution in [-0.2, 0) is 19.1 Å². The summed E-state index contributed by atoms with van der Waals surface area (Å²) in [7, 11) is 0. The van der Waals surface area contributed by atoms with Gasteiger partial charge in [-0.25, -0.2) is 4.98 Å². The van der Waals surface area contributed by atoms with Crippen molar-refractivity contribution < 1.29 is 13.2 Å². The van der Waals surface area contributed by atoms with Crippen LogP contribution in [0.5, 0.6) is 0 Å². The molecule has 0 saturated carbocycles. The van der Waals surface area contributed by atoms with E-state index in [0.717, 1.165) is 56.2 Å². The summed E-state index contributed by atoms with van der Waals surface area (Å²) < 4.78 is 38.3. The van der Waals surface area contributed by atoms with Gasteiger partial charge in [0.2, 0.25) is 0 Å². The number of piperidine rings is 1. The normalized spacial score (nSPS) is 19.5. The molecule has 130 valence electrons. The first-order chi connectivity index (χ1) is 11.5. The number of aromatic nitrogens is 2. The molecule has 1 aliphatic rings. The average Bonchev–Trinajstić information content (AvgIpc) is 3.06. The number of hydrogen-bond donors (Lipinski definition) is 1. The molecule has 6 heteroatoms. The molecule has 1 atom stereocenters. The van der Waals surface area contributed by atoms with Gasteiger partial charge in [-0.05, 0) is 49.8 Å². The number of aromatic amines is 1. The van der Waals surface area contributed by atoms with Crippen molar-refractivity contribution in [2.24, 2.45) is 5.92 Å². The van der Waals surface area contributed by atoms with Crippen LogP contribution < -0.4 is 0 Å². The third-order valence-corrected chi connectivity index (χ3v) is 4.65. The number of rotatable bonds is 5. The van der Waals surface area contributed by atoms with Crippen molar-refractivity contribution in [2.75, 3.05) is 13.1 Å². The van der Waals surface area contributed by atoms with Crippen LogP contribution in [0, 0.1) is 5.92 Å². The molecule has 3 rings (SSSR count). The Kier molecular flexibility index (Phi) is 5.23. The van der Waals surface area contributed by atoms with Gasteiger partial charge in [-0.2, -0.15) is 13.2 Å². The number of imidazole rings is 1. The van der Waals surface area contributed by atoms with E-state index in [-0.39, 0.29) is 0 Å². The number of hydrogen-bond acceptors (Lipinski definition) is 2. The Morgan fingerprint density at radius 2 is 2.17 bits per heavy atom. The van der Waals surface area contributed by atoms with E-state index < -0.39 is 11.7 Å². The lowest BCUT2D eigenvalue weighted by atomic mass is 9.91. The number of nitrogens with one attached hydrogen (secondary N) is 1. The predicted octanol–water partition coefficient (Wildman–Crippen LogP) is 4.27. The van der Waals surface area contributed by atoms with Gasteiger partial charge in [0.1, 0.15) is 0 Å². The summed E-state index contributed by atoms with van der Waals surface area (Å²) in [5.41, 5.74) is 1.33. The Balaban J connectivity index is 1.53. The molecule has 0 unspecified atom stereocenters. The van der Waals surface area contributed by atoms with Gasteiger partial charge in [0, 0.05) is 25.0 Å². The summed E-state index contributed by atoms with van der Waals surface area (Å²) in [5.74, 6) is 0.538. The van der Waals surface area contributed by atoms with E-state index in [1.54, 1.807) is 12.4 Å². The van der Waals surface area contributed by atoms with E-state index in [4.69, 9.17) is 0 Å². The second kappa shape index (κ2) is 7.38. The number of likely N-dealkylation sites (tertiary alicyclic amines) is 1. The number of H-pyrrole nitrogens is 1. The van der Waals surface area contributed by atoms with Crippen LogP contribution in [0.1, 0.15) is 36.1 Å². The van der Waals surface area contributed by atoms with Crippen molar-refractivity contribution >= 4 is 0 Å². The number of halogens is 3. The fourth-order valence-electron chi connectivity index (χ4n) is 3.42. The van der Waals surface area contributed by atoms with E-state index in [1.807, 2.05) is 6.20 Å². The molecule has 1 aliphatic heterocycles. The summed E-state index contributed by atoms with van der Waals surface area (Å²) in [6, 6.07) is 5.71. The van der Waals surface area contributed by atoms with Crippen LogP contribution in [0.2, 0.25) is 0 Å². The van der Waals surface area contributed by atoms with E-state index in [1.165, 1.54) is 12.1 Å². The Morgan fingerprint density at radius 1 is 1.29 bits per heavy atom. The molecule has 1 fully saturated rings. The van der Waals surface area contributed by atoms with Gasteiger partial charge < -0.3 is 4.98 Å². The smallest absolute Gasteiger partial charge is 0.347 e. The Bertz CT molecular complexity index is 637. The molecule has 0 aliphatic carbocycles. The molecule has 1 N–H and O–H groups in total. The quantitative estimate of drug-likeness (QED) is 0.883. The highest BCUT2D eigenvalue weighted by molar-refractivity contribution is 5.25. The Morgan fingerprint density at radius 3 is 2.92 bits per heavy atom. The minimum atomic E-state index is -4.26. The minimum Gasteiger partial charge on any atom is -0.347 e. The SMILES string of the molecule is FC(F)(F)c1cccc(CC[C@H]2CCCN(Cc3cnc[nH]3)C2)c1. The highest BCUT2D eigenvalue weighted by Gasteiger charge is 2.30. The first-order valence-corrected chi connectivity index (χ1v) is 8.36. The maximum absolute atomic E-state index is 12.8. The van der Waals surface area contributed by atoms with Gasteiger partial charge in [-0.3, -0.25) is 4.90 Å². The van der Waals surface area contributed by atoms with Gasteiger partial charge in [0.15, 0.2) is 0 Å². The fraction of sp³-hybridized carbons (Fsp3) is 0.500. The van der Waals surface area contributed by atoms with Crippen molar-refractivity contribution in [3.05, 3.63) is 53.6 Å². The third kappa shape index (κ3) is 4.60. The summed E-state index contributed by atoms with van der Waals surface area (Å²) in [6.07, 6.45) is 3.19. The topological polar surface area (TPSA) is 31.9 Å². The summed E-state index contributed by atoms with van der Waals surface area (Å²) in [5, 5.41) is 0. The molecule has 1 aromatic carbocycles. The van der Waals surface area contributed by atoms with Crippen molar-refractivity contribution in [2.45, 2.75) is 38.4 Å². The molecule has 0 amide bonds. The van der Waals surface area contributed by atoms with Crippen LogP contribution in [0.25, 0.3) is 0 Å². The van der Waals surface area contributed by atoms with Crippen LogP contribution in [-0.4, -0.2) is 28.0 Å². The van der Waals surface area contributed by atoms with Crippen LogP contribution >= 0.6 is 0 Å². The number of benzene rings is 1. The van der Waals surface area contributed by atoms with Gasteiger partial charge in [-0.1, -0.05) is 18.2 Å². The number of nitrogens with zero attached hydrogens (tertiary/aromatic N) is 2. The Labute approximate surface area is 139 Å². The van der Waals surface area contributed by atoms with Crippen LogP contribution in [0.4, 0.5) is 13.2 Å². The minimum absolute atomic E-state index is 0.538. The second-order valence-corrected chi connectivity index (χ2v) is 6.56. The van der Waals surface area contributed by atoms with Gasteiger partial charge >= 0.3 is 6.18 Å². The molecule has 1 aromatic heterocycles. The standard InChI is InChI=1S/C18H22F3N3/c19-18(20,21)16-5-1-3-14(9-16)6-7-15-4-2-8-24(11-15)12-17-10-22-13-23-17/h1,3,5,9-10,13,15H,2,4,6-8,11-12H2,(H,22,23)/t15-/m1/s1. The molecule has 2 aromatic rings. The van der Waals surface area contributed by atoms with Gasteiger partial charge in [0.05, 0.1) is 11.9 Å². The molecular weight excluding hydrogens is 315 g/mol. The fourth-order valence-corrected chi connectivity index (χ4v) is 3.42. The average molecular weight is 337 g/mol. The lowest BCUT2D eigenvalue weighted by molar-refractivity contribution is -0.137. The molecular formula is C18H22F3N3. The molecule has 2 heterocycles. The highest BCUT2D eigenvalue weighted by atomic mass is 19.4. The van der Waals surface area contributed by atoms with E-state index in [2.05, 4.69) is 14.9 Å². The molecule has 0 radical (unpaired) electrons. The molecule has 0 bridgehead atoms. The lowest BCUT2D eigenvalue weighted by Crippen LogP contribution is -2.35.